The fourth-order valence-electron chi connectivity index (χ4n) is 3.87. The standard InChI is InChI=1S/C23H25ClN4O/c1-16-8-7-11-20(17(16)2)26-12-14-27(15-13-26)23(29)21-18(3)25-28(22(21)24)19-9-5-4-6-10-19/h4-11H,12-15H2,1-3H3. The lowest BCUT2D eigenvalue weighted by atomic mass is 10.1. The highest BCUT2D eigenvalue weighted by Crippen LogP contribution is 2.27. The van der Waals surface area contributed by atoms with E-state index in [-0.39, 0.29) is 5.91 Å². The molecule has 1 aliphatic heterocycles. The van der Waals surface area contributed by atoms with Crippen molar-refractivity contribution in [2.45, 2.75) is 20.8 Å². The Kier molecular flexibility index (Phi) is 5.33. The van der Waals surface area contributed by atoms with Gasteiger partial charge in [0.15, 0.2) is 0 Å². The van der Waals surface area contributed by atoms with Crippen molar-refractivity contribution in [3.05, 3.63) is 76.1 Å². The molecule has 1 saturated heterocycles. The fourth-order valence-corrected chi connectivity index (χ4v) is 4.22. The fraction of sp³-hybridized carbons (Fsp3) is 0.304. The number of amides is 1. The Labute approximate surface area is 176 Å². The van der Waals surface area contributed by atoms with Crippen LogP contribution in [0.3, 0.4) is 0 Å². The molecular weight excluding hydrogens is 384 g/mol. The number of halogens is 1. The molecule has 3 aromatic rings. The van der Waals surface area contributed by atoms with E-state index in [0.29, 0.717) is 29.5 Å². The Balaban J connectivity index is 1.52. The third-order valence-corrected chi connectivity index (χ3v) is 6.05. The number of aryl methyl sites for hydroxylation is 2. The van der Waals surface area contributed by atoms with Crippen molar-refractivity contribution in [3.63, 3.8) is 0 Å². The topological polar surface area (TPSA) is 41.4 Å². The highest BCUT2D eigenvalue weighted by molar-refractivity contribution is 6.33. The second-order valence-electron chi connectivity index (χ2n) is 7.50. The maximum absolute atomic E-state index is 13.2. The Morgan fingerprint density at radius 3 is 2.31 bits per heavy atom. The van der Waals surface area contributed by atoms with Crippen LogP contribution >= 0.6 is 11.6 Å². The summed E-state index contributed by atoms with van der Waals surface area (Å²) in [6, 6.07) is 16.0. The zero-order chi connectivity index (χ0) is 20.5. The molecule has 4 rings (SSSR count). The first-order valence-electron chi connectivity index (χ1n) is 9.88. The SMILES string of the molecule is Cc1cccc(N2CCN(C(=O)c3c(C)nn(-c4ccccc4)c3Cl)CC2)c1C. The third kappa shape index (κ3) is 3.62. The van der Waals surface area contributed by atoms with Gasteiger partial charge < -0.3 is 9.80 Å². The Bertz CT molecular complexity index is 1040. The molecular formula is C23H25ClN4O. The number of piperazine rings is 1. The van der Waals surface area contributed by atoms with Gasteiger partial charge in [0.05, 0.1) is 16.9 Å². The highest BCUT2D eigenvalue weighted by Gasteiger charge is 2.28. The van der Waals surface area contributed by atoms with E-state index in [4.69, 9.17) is 11.6 Å². The molecule has 29 heavy (non-hydrogen) atoms. The van der Waals surface area contributed by atoms with Crippen molar-refractivity contribution in [2.24, 2.45) is 0 Å². The van der Waals surface area contributed by atoms with E-state index in [1.807, 2.05) is 42.2 Å². The second-order valence-corrected chi connectivity index (χ2v) is 7.85. The van der Waals surface area contributed by atoms with Crippen LogP contribution in [-0.4, -0.2) is 46.8 Å². The van der Waals surface area contributed by atoms with Gasteiger partial charge in [-0.15, -0.1) is 0 Å². The van der Waals surface area contributed by atoms with Crippen LogP contribution in [-0.2, 0) is 0 Å². The Morgan fingerprint density at radius 2 is 1.62 bits per heavy atom. The highest BCUT2D eigenvalue weighted by atomic mass is 35.5. The molecule has 1 aromatic heterocycles. The largest absolute Gasteiger partial charge is 0.368 e. The van der Waals surface area contributed by atoms with Gasteiger partial charge in [-0.05, 0) is 50.1 Å². The van der Waals surface area contributed by atoms with E-state index in [9.17, 15) is 4.79 Å². The molecule has 0 spiro atoms. The lowest BCUT2D eigenvalue weighted by molar-refractivity contribution is 0.0746. The first kappa shape index (κ1) is 19.5. The zero-order valence-electron chi connectivity index (χ0n) is 17.0. The summed E-state index contributed by atoms with van der Waals surface area (Å²) in [4.78, 5) is 17.5. The number of rotatable bonds is 3. The predicted molar refractivity (Wildman–Crippen MR) is 117 cm³/mol. The van der Waals surface area contributed by atoms with Crippen LogP contribution in [0, 0.1) is 20.8 Å². The zero-order valence-corrected chi connectivity index (χ0v) is 17.8. The van der Waals surface area contributed by atoms with E-state index in [1.165, 1.54) is 16.8 Å². The van der Waals surface area contributed by atoms with Crippen molar-refractivity contribution in [1.29, 1.82) is 0 Å². The summed E-state index contributed by atoms with van der Waals surface area (Å²) < 4.78 is 1.64. The number of anilines is 1. The molecule has 2 heterocycles. The van der Waals surface area contributed by atoms with Gasteiger partial charge in [0.1, 0.15) is 5.15 Å². The second kappa shape index (κ2) is 7.91. The average molecular weight is 409 g/mol. The average Bonchev–Trinajstić information content (AvgIpc) is 3.04. The lowest BCUT2D eigenvalue weighted by Crippen LogP contribution is -2.49. The van der Waals surface area contributed by atoms with Crippen LogP contribution in [0.15, 0.2) is 48.5 Å². The monoisotopic (exact) mass is 408 g/mol. The van der Waals surface area contributed by atoms with Gasteiger partial charge in [0.2, 0.25) is 0 Å². The number of para-hydroxylation sites is 1. The van der Waals surface area contributed by atoms with E-state index in [2.05, 4.69) is 42.0 Å². The minimum atomic E-state index is -0.0460. The maximum atomic E-state index is 13.2. The van der Waals surface area contributed by atoms with Crippen LogP contribution in [0.5, 0.6) is 0 Å². The summed E-state index contributed by atoms with van der Waals surface area (Å²) in [6.45, 7) is 9.07. The van der Waals surface area contributed by atoms with E-state index in [1.54, 1.807) is 4.68 Å². The summed E-state index contributed by atoms with van der Waals surface area (Å²) in [5.74, 6) is -0.0460. The molecule has 0 bridgehead atoms. The smallest absolute Gasteiger partial charge is 0.259 e. The summed E-state index contributed by atoms with van der Waals surface area (Å²) in [7, 11) is 0. The first-order valence-corrected chi connectivity index (χ1v) is 10.3. The molecule has 0 atom stereocenters. The van der Waals surface area contributed by atoms with Gasteiger partial charge in [-0.2, -0.15) is 5.10 Å². The molecule has 1 fully saturated rings. The summed E-state index contributed by atoms with van der Waals surface area (Å²) in [5.41, 5.74) is 5.84. The summed E-state index contributed by atoms with van der Waals surface area (Å²) >= 11 is 6.58. The van der Waals surface area contributed by atoms with Crippen LogP contribution in [0.2, 0.25) is 5.15 Å². The van der Waals surface area contributed by atoms with Crippen molar-refractivity contribution in [1.82, 2.24) is 14.7 Å². The molecule has 1 aliphatic rings. The third-order valence-electron chi connectivity index (χ3n) is 5.70. The van der Waals surface area contributed by atoms with Gasteiger partial charge in [0, 0.05) is 31.9 Å². The molecule has 0 saturated carbocycles. The van der Waals surface area contributed by atoms with Crippen molar-refractivity contribution in [2.75, 3.05) is 31.1 Å². The molecule has 2 aromatic carbocycles. The predicted octanol–water partition coefficient (Wildman–Crippen LogP) is 4.41. The van der Waals surface area contributed by atoms with Gasteiger partial charge in [-0.3, -0.25) is 4.79 Å². The summed E-state index contributed by atoms with van der Waals surface area (Å²) in [6.07, 6.45) is 0. The normalized spacial score (nSPS) is 14.3. The first-order chi connectivity index (χ1) is 14.0. The Hall–Kier alpha value is -2.79. The molecule has 6 heteroatoms. The molecule has 0 radical (unpaired) electrons. The molecule has 150 valence electrons. The van der Waals surface area contributed by atoms with Gasteiger partial charge >= 0.3 is 0 Å². The van der Waals surface area contributed by atoms with Crippen LogP contribution < -0.4 is 4.90 Å². The maximum Gasteiger partial charge on any atom is 0.259 e. The van der Waals surface area contributed by atoms with Gasteiger partial charge in [0.25, 0.3) is 5.91 Å². The van der Waals surface area contributed by atoms with Gasteiger partial charge in [-0.1, -0.05) is 41.9 Å². The minimum absolute atomic E-state index is 0.0460. The molecule has 0 aliphatic carbocycles. The number of hydrogen-bond donors (Lipinski definition) is 0. The Morgan fingerprint density at radius 1 is 0.931 bits per heavy atom. The van der Waals surface area contributed by atoms with Crippen LogP contribution in [0.4, 0.5) is 5.69 Å². The molecule has 0 N–H and O–H groups in total. The minimum Gasteiger partial charge on any atom is -0.368 e. The van der Waals surface area contributed by atoms with Crippen molar-refractivity contribution >= 4 is 23.2 Å². The molecule has 0 unspecified atom stereocenters. The van der Waals surface area contributed by atoms with E-state index < -0.39 is 0 Å². The van der Waals surface area contributed by atoms with Crippen molar-refractivity contribution < 1.29 is 4.79 Å². The lowest BCUT2D eigenvalue weighted by Gasteiger charge is -2.37. The summed E-state index contributed by atoms with van der Waals surface area (Å²) in [5, 5.41) is 4.88. The number of carbonyl (C=O) groups is 1. The van der Waals surface area contributed by atoms with E-state index in [0.717, 1.165) is 18.8 Å². The van der Waals surface area contributed by atoms with Crippen LogP contribution in [0.1, 0.15) is 27.2 Å². The number of benzene rings is 2. The van der Waals surface area contributed by atoms with E-state index >= 15 is 0 Å². The number of carbonyl (C=O) groups excluding carboxylic acids is 1. The molecule has 5 nitrogen and oxygen atoms in total. The quantitative estimate of drug-likeness (QED) is 0.644. The van der Waals surface area contributed by atoms with Gasteiger partial charge in [-0.25, -0.2) is 4.68 Å². The number of aromatic nitrogens is 2. The van der Waals surface area contributed by atoms with Crippen molar-refractivity contribution in [3.8, 4) is 5.69 Å². The number of hydrogen-bond acceptors (Lipinski definition) is 3. The van der Waals surface area contributed by atoms with Crippen LogP contribution in [0.25, 0.3) is 5.69 Å². The number of nitrogens with zero attached hydrogens (tertiary/aromatic N) is 4. The molecule has 1 amide bonds.